The first-order valence-electron chi connectivity index (χ1n) is 9.73. The van der Waals surface area contributed by atoms with E-state index in [4.69, 9.17) is 4.98 Å². The van der Waals surface area contributed by atoms with Crippen molar-refractivity contribution in [2.75, 3.05) is 30.4 Å². The van der Waals surface area contributed by atoms with E-state index in [1.54, 1.807) is 6.33 Å². The summed E-state index contributed by atoms with van der Waals surface area (Å²) in [4.78, 5) is 17.6. The normalized spacial score (nSPS) is 20.8. The van der Waals surface area contributed by atoms with Gasteiger partial charge in [-0.2, -0.15) is 0 Å². The van der Waals surface area contributed by atoms with E-state index >= 15 is 0 Å². The van der Waals surface area contributed by atoms with Crippen molar-refractivity contribution in [3.8, 4) is 0 Å². The van der Waals surface area contributed by atoms with Gasteiger partial charge in [0, 0.05) is 37.1 Å². The number of nitrogens with zero attached hydrogens (tertiary/aromatic N) is 4. The Morgan fingerprint density at radius 3 is 3.00 bits per heavy atom. The van der Waals surface area contributed by atoms with Crippen LogP contribution < -0.4 is 15.5 Å². The molecule has 1 aliphatic carbocycles. The van der Waals surface area contributed by atoms with E-state index in [1.165, 1.54) is 47.7 Å². The number of thiazole rings is 1. The zero-order valence-electron chi connectivity index (χ0n) is 15.7. The van der Waals surface area contributed by atoms with Crippen LogP contribution in [-0.4, -0.2) is 41.1 Å². The van der Waals surface area contributed by atoms with Crippen molar-refractivity contribution >= 4 is 23.0 Å². The Labute approximate surface area is 159 Å². The molecule has 0 spiro atoms. The second-order valence-electron chi connectivity index (χ2n) is 7.26. The van der Waals surface area contributed by atoms with Crippen LogP contribution in [0.25, 0.3) is 0 Å². The van der Waals surface area contributed by atoms with Crippen molar-refractivity contribution in [2.45, 2.75) is 57.5 Å². The number of anilines is 2. The molecule has 0 amide bonds. The Hall–Kier alpha value is -1.73. The smallest absolute Gasteiger partial charge is 0.134 e. The van der Waals surface area contributed by atoms with Crippen LogP contribution in [0.5, 0.6) is 0 Å². The lowest BCUT2D eigenvalue weighted by molar-refractivity contribution is 0.511. The van der Waals surface area contributed by atoms with Gasteiger partial charge >= 0.3 is 0 Å². The Balaban J connectivity index is 1.39. The third-order valence-corrected chi connectivity index (χ3v) is 6.81. The van der Waals surface area contributed by atoms with Crippen LogP contribution in [-0.2, 0) is 12.8 Å². The first-order valence-corrected chi connectivity index (χ1v) is 10.5. The highest BCUT2D eigenvalue weighted by Crippen LogP contribution is 2.30. The number of rotatable bonds is 6. The number of hydrogen-bond acceptors (Lipinski definition) is 7. The minimum Gasteiger partial charge on any atom is -0.373 e. The lowest BCUT2D eigenvalue weighted by atomic mass is 10.0. The molecule has 2 aliphatic rings. The predicted molar refractivity (Wildman–Crippen MR) is 107 cm³/mol. The molecular weight excluding hydrogens is 344 g/mol. The van der Waals surface area contributed by atoms with Crippen LogP contribution >= 0.6 is 11.3 Å². The Morgan fingerprint density at radius 2 is 2.15 bits per heavy atom. The van der Waals surface area contributed by atoms with Gasteiger partial charge in [0.05, 0.1) is 11.7 Å². The van der Waals surface area contributed by atoms with E-state index in [2.05, 4.69) is 32.4 Å². The molecule has 2 N–H and O–H groups in total. The van der Waals surface area contributed by atoms with Crippen LogP contribution in [0.15, 0.2) is 12.4 Å². The number of fused-ring (bicyclic) bond motifs is 1. The molecule has 0 bridgehead atoms. The summed E-state index contributed by atoms with van der Waals surface area (Å²) in [5.74, 6) is 1.89. The quantitative estimate of drug-likeness (QED) is 0.812. The molecule has 2 atom stereocenters. The van der Waals surface area contributed by atoms with Crippen molar-refractivity contribution in [3.05, 3.63) is 28.0 Å². The summed E-state index contributed by atoms with van der Waals surface area (Å²) >= 11 is 1.91. The van der Waals surface area contributed by atoms with E-state index < -0.39 is 0 Å². The summed E-state index contributed by atoms with van der Waals surface area (Å²) in [5.41, 5.74) is 1.35. The first kappa shape index (κ1) is 17.7. The molecule has 6 nitrogen and oxygen atoms in total. The van der Waals surface area contributed by atoms with Crippen LogP contribution in [0.4, 0.5) is 11.6 Å². The second-order valence-corrected chi connectivity index (χ2v) is 8.38. The highest BCUT2D eigenvalue weighted by atomic mass is 32.1. The molecule has 26 heavy (non-hydrogen) atoms. The third-order valence-electron chi connectivity index (χ3n) is 5.47. The van der Waals surface area contributed by atoms with Gasteiger partial charge in [-0.05, 0) is 45.4 Å². The lowest BCUT2D eigenvalue weighted by Gasteiger charge is -2.27. The molecule has 2 aromatic heterocycles. The monoisotopic (exact) mass is 372 g/mol. The fraction of sp³-hybridized carbons (Fsp3) is 0.632. The number of nitrogens with one attached hydrogen (secondary N) is 2. The van der Waals surface area contributed by atoms with Gasteiger partial charge < -0.3 is 15.5 Å². The maximum Gasteiger partial charge on any atom is 0.134 e. The molecular formula is C19H28N6S. The van der Waals surface area contributed by atoms with E-state index in [0.29, 0.717) is 12.1 Å². The minimum atomic E-state index is 0.311. The fourth-order valence-corrected chi connectivity index (χ4v) is 5.13. The molecule has 0 saturated carbocycles. The zero-order valence-corrected chi connectivity index (χ0v) is 16.5. The molecule has 0 radical (unpaired) electrons. The summed E-state index contributed by atoms with van der Waals surface area (Å²) in [5, 5.41) is 8.08. The van der Waals surface area contributed by atoms with Crippen LogP contribution in [0.1, 0.15) is 54.2 Å². The van der Waals surface area contributed by atoms with Crippen molar-refractivity contribution in [2.24, 2.45) is 0 Å². The van der Waals surface area contributed by atoms with Gasteiger partial charge in [-0.3, -0.25) is 0 Å². The largest absolute Gasteiger partial charge is 0.373 e. The fourth-order valence-electron chi connectivity index (χ4n) is 3.95. The van der Waals surface area contributed by atoms with Gasteiger partial charge in [-0.25, -0.2) is 15.0 Å². The SMILES string of the molecule is CNc1cc(N2CCCC2CNC(C)c2nc3c(s2)CCCC3)ncn1. The zero-order chi connectivity index (χ0) is 17.9. The highest BCUT2D eigenvalue weighted by Gasteiger charge is 2.27. The van der Waals surface area contributed by atoms with E-state index in [9.17, 15) is 0 Å². The van der Waals surface area contributed by atoms with Gasteiger partial charge in [-0.15, -0.1) is 11.3 Å². The molecule has 7 heteroatoms. The van der Waals surface area contributed by atoms with Gasteiger partial charge in [0.2, 0.25) is 0 Å². The van der Waals surface area contributed by atoms with Crippen LogP contribution in [0.3, 0.4) is 0 Å². The number of aromatic nitrogens is 3. The predicted octanol–water partition coefficient (Wildman–Crippen LogP) is 3.17. The Bertz CT molecular complexity index is 722. The van der Waals surface area contributed by atoms with E-state index in [1.807, 2.05) is 24.5 Å². The number of hydrogen-bond donors (Lipinski definition) is 2. The van der Waals surface area contributed by atoms with Crippen molar-refractivity contribution < 1.29 is 0 Å². The molecule has 2 aromatic rings. The first-order chi connectivity index (χ1) is 12.7. The summed E-state index contributed by atoms with van der Waals surface area (Å²) in [6.45, 7) is 4.27. The molecule has 2 unspecified atom stereocenters. The lowest BCUT2D eigenvalue weighted by Crippen LogP contribution is -2.39. The second kappa shape index (κ2) is 7.88. The Morgan fingerprint density at radius 1 is 1.27 bits per heavy atom. The third kappa shape index (κ3) is 3.69. The topological polar surface area (TPSA) is 66.0 Å². The maximum atomic E-state index is 4.91. The number of aryl methyl sites for hydroxylation is 2. The van der Waals surface area contributed by atoms with Gasteiger partial charge in [0.15, 0.2) is 0 Å². The molecule has 140 valence electrons. The highest BCUT2D eigenvalue weighted by molar-refractivity contribution is 7.11. The van der Waals surface area contributed by atoms with E-state index in [0.717, 1.165) is 31.1 Å². The molecule has 1 fully saturated rings. The van der Waals surface area contributed by atoms with Gasteiger partial charge in [0.25, 0.3) is 0 Å². The summed E-state index contributed by atoms with van der Waals surface area (Å²) in [6, 6.07) is 2.83. The van der Waals surface area contributed by atoms with Crippen LogP contribution in [0, 0.1) is 0 Å². The molecule has 0 aromatic carbocycles. The Kier molecular flexibility index (Phi) is 5.36. The minimum absolute atomic E-state index is 0.311. The molecule has 1 saturated heterocycles. The summed E-state index contributed by atoms with van der Waals surface area (Å²) < 4.78 is 0. The van der Waals surface area contributed by atoms with Gasteiger partial charge in [0.1, 0.15) is 23.0 Å². The summed E-state index contributed by atoms with van der Waals surface area (Å²) in [6.07, 6.45) is 9.06. The van der Waals surface area contributed by atoms with Crippen LogP contribution in [0.2, 0.25) is 0 Å². The van der Waals surface area contributed by atoms with Crippen molar-refractivity contribution in [1.29, 1.82) is 0 Å². The summed E-state index contributed by atoms with van der Waals surface area (Å²) in [7, 11) is 1.89. The van der Waals surface area contributed by atoms with Crippen molar-refractivity contribution in [1.82, 2.24) is 20.3 Å². The average molecular weight is 373 g/mol. The standard InChI is InChI=1S/C19H28N6S/c1-13(19-24-15-7-3-4-8-16(15)26-19)21-11-14-6-5-9-25(14)18-10-17(20-2)22-12-23-18/h10,12-14,21H,3-9,11H2,1-2H3,(H,20,22,23). The van der Waals surface area contributed by atoms with E-state index in [-0.39, 0.29) is 0 Å². The molecule has 4 rings (SSSR count). The average Bonchev–Trinajstić information content (AvgIpc) is 3.32. The maximum absolute atomic E-state index is 4.91. The molecule has 3 heterocycles. The molecule has 1 aliphatic heterocycles. The van der Waals surface area contributed by atoms with Crippen molar-refractivity contribution in [3.63, 3.8) is 0 Å². The van der Waals surface area contributed by atoms with Gasteiger partial charge in [-0.1, -0.05) is 0 Å².